The molecule has 2 heterocycles. The molecule has 0 radical (unpaired) electrons. The molecule has 1 unspecified atom stereocenters. The molecule has 5 nitrogen and oxygen atoms in total. The van der Waals surface area contributed by atoms with Crippen LogP contribution in [0.2, 0.25) is 0 Å². The largest absolute Gasteiger partial charge is 0.298 e. The van der Waals surface area contributed by atoms with E-state index < -0.39 is 5.66 Å². The van der Waals surface area contributed by atoms with Gasteiger partial charge in [0, 0.05) is 17.8 Å². The molecular weight excluding hydrogens is 262 g/mol. The molecule has 0 fully saturated rings. The van der Waals surface area contributed by atoms with Crippen molar-refractivity contribution in [2.24, 2.45) is 5.73 Å². The van der Waals surface area contributed by atoms with E-state index in [1.54, 1.807) is 6.20 Å². The molecule has 1 atom stereocenters. The lowest BCUT2D eigenvalue weighted by Crippen LogP contribution is -2.53. The van der Waals surface area contributed by atoms with Gasteiger partial charge in [0.25, 0.3) is 0 Å². The van der Waals surface area contributed by atoms with E-state index in [2.05, 4.69) is 41.1 Å². The van der Waals surface area contributed by atoms with Gasteiger partial charge in [0.05, 0.1) is 5.56 Å². The third-order valence-electron chi connectivity index (χ3n) is 3.34. The third kappa shape index (κ3) is 2.47. The second-order valence-electron chi connectivity index (χ2n) is 5.26. The summed E-state index contributed by atoms with van der Waals surface area (Å²) in [4.78, 5) is 8.39. The highest BCUT2D eigenvalue weighted by molar-refractivity contribution is 5.58. The van der Waals surface area contributed by atoms with E-state index in [1.807, 2.05) is 35.3 Å². The predicted molar refractivity (Wildman–Crippen MR) is 82.0 cm³/mol. The standard InChI is InChI=1S/C16H17N5/c1-12(2)21-15-14(10-18-11-19-15)16(17,20-21)9-8-13-6-4-3-5-7-13/h3-7,10-12,20H,17H2,1-2H3. The van der Waals surface area contributed by atoms with Gasteiger partial charge in [-0.2, -0.15) is 5.43 Å². The summed E-state index contributed by atoms with van der Waals surface area (Å²) in [7, 11) is 0. The fraction of sp³-hybridized carbons (Fsp3) is 0.250. The Labute approximate surface area is 124 Å². The minimum Gasteiger partial charge on any atom is -0.298 e. The summed E-state index contributed by atoms with van der Waals surface area (Å²) in [6, 6.07) is 9.98. The van der Waals surface area contributed by atoms with Gasteiger partial charge in [-0.1, -0.05) is 30.0 Å². The second kappa shape index (κ2) is 5.17. The van der Waals surface area contributed by atoms with Crippen molar-refractivity contribution in [3.8, 4) is 11.8 Å². The Morgan fingerprint density at radius 1 is 1.29 bits per heavy atom. The lowest BCUT2D eigenvalue weighted by atomic mass is 10.1. The van der Waals surface area contributed by atoms with Crippen LogP contribution in [0.25, 0.3) is 0 Å². The molecule has 0 saturated heterocycles. The van der Waals surface area contributed by atoms with Gasteiger partial charge in [-0.15, -0.1) is 0 Å². The van der Waals surface area contributed by atoms with E-state index >= 15 is 0 Å². The van der Waals surface area contributed by atoms with Crippen LogP contribution in [0.1, 0.15) is 25.0 Å². The van der Waals surface area contributed by atoms with Gasteiger partial charge >= 0.3 is 0 Å². The van der Waals surface area contributed by atoms with E-state index in [9.17, 15) is 0 Å². The Kier molecular flexibility index (Phi) is 3.34. The number of benzene rings is 1. The summed E-state index contributed by atoms with van der Waals surface area (Å²) in [5, 5.41) is 1.93. The van der Waals surface area contributed by atoms with Crippen LogP contribution >= 0.6 is 0 Å². The third-order valence-corrected chi connectivity index (χ3v) is 3.34. The number of hydrogen-bond donors (Lipinski definition) is 2. The summed E-state index contributed by atoms with van der Waals surface area (Å²) in [5.41, 5.74) is 10.4. The SMILES string of the molecule is CC(C)N1NC(N)(C#Cc2ccccc2)c2cncnc21. The molecule has 0 aliphatic carbocycles. The molecule has 5 heteroatoms. The molecule has 0 saturated carbocycles. The molecule has 21 heavy (non-hydrogen) atoms. The number of rotatable bonds is 1. The van der Waals surface area contributed by atoms with Crippen molar-refractivity contribution in [1.29, 1.82) is 0 Å². The normalized spacial score (nSPS) is 20.1. The fourth-order valence-corrected chi connectivity index (χ4v) is 2.26. The van der Waals surface area contributed by atoms with Crippen molar-refractivity contribution < 1.29 is 0 Å². The summed E-state index contributed by atoms with van der Waals surface area (Å²) < 4.78 is 0. The average Bonchev–Trinajstić information content (AvgIpc) is 2.81. The first-order valence-corrected chi connectivity index (χ1v) is 6.85. The van der Waals surface area contributed by atoms with E-state index in [0.29, 0.717) is 0 Å². The predicted octanol–water partition coefficient (Wildman–Crippen LogP) is 1.37. The van der Waals surface area contributed by atoms with Crippen molar-refractivity contribution in [3.05, 3.63) is 54.0 Å². The summed E-state index contributed by atoms with van der Waals surface area (Å²) in [5.74, 6) is 7.00. The Balaban J connectivity index is 2.01. The van der Waals surface area contributed by atoms with Crippen LogP contribution in [0.5, 0.6) is 0 Å². The van der Waals surface area contributed by atoms with Gasteiger partial charge in [-0.25, -0.2) is 9.97 Å². The van der Waals surface area contributed by atoms with Gasteiger partial charge in [-0.05, 0) is 26.0 Å². The summed E-state index contributed by atoms with van der Waals surface area (Å²) in [6.45, 7) is 4.13. The maximum atomic E-state index is 6.44. The maximum absolute atomic E-state index is 6.44. The van der Waals surface area contributed by atoms with E-state index in [1.165, 1.54) is 6.33 Å². The second-order valence-corrected chi connectivity index (χ2v) is 5.26. The lowest BCUT2D eigenvalue weighted by molar-refractivity contribution is 0.442. The van der Waals surface area contributed by atoms with E-state index in [0.717, 1.165) is 16.9 Å². The van der Waals surface area contributed by atoms with E-state index in [4.69, 9.17) is 5.73 Å². The molecule has 1 aromatic carbocycles. The minimum absolute atomic E-state index is 0.211. The van der Waals surface area contributed by atoms with Gasteiger partial charge in [0.1, 0.15) is 6.33 Å². The molecule has 0 amide bonds. The van der Waals surface area contributed by atoms with Gasteiger partial charge in [0.15, 0.2) is 11.5 Å². The molecule has 1 aromatic heterocycles. The molecule has 0 bridgehead atoms. The van der Waals surface area contributed by atoms with Crippen LogP contribution in [-0.4, -0.2) is 16.0 Å². The topological polar surface area (TPSA) is 67.1 Å². The van der Waals surface area contributed by atoms with Crippen LogP contribution in [0.3, 0.4) is 0 Å². The Morgan fingerprint density at radius 2 is 2.05 bits per heavy atom. The van der Waals surface area contributed by atoms with Gasteiger partial charge < -0.3 is 0 Å². The van der Waals surface area contributed by atoms with Crippen LogP contribution in [0, 0.1) is 11.8 Å². The fourth-order valence-electron chi connectivity index (χ4n) is 2.26. The Morgan fingerprint density at radius 3 is 2.76 bits per heavy atom. The molecule has 0 spiro atoms. The number of nitrogens with one attached hydrogen (secondary N) is 1. The highest BCUT2D eigenvalue weighted by Gasteiger charge is 2.40. The van der Waals surface area contributed by atoms with Crippen molar-refractivity contribution in [2.45, 2.75) is 25.6 Å². The van der Waals surface area contributed by atoms with Crippen LogP contribution in [0.4, 0.5) is 5.82 Å². The van der Waals surface area contributed by atoms with Crippen LogP contribution in [0.15, 0.2) is 42.9 Å². The smallest absolute Gasteiger partial charge is 0.178 e. The number of fused-ring (bicyclic) bond motifs is 1. The molecular formula is C16H17N5. The van der Waals surface area contributed by atoms with Gasteiger partial charge in [0.2, 0.25) is 0 Å². The molecule has 106 valence electrons. The van der Waals surface area contributed by atoms with Crippen LogP contribution < -0.4 is 16.2 Å². The molecule has 1 aliphatic rings. The summed E-state index contributed by atoms with van der Waals surface area (Å²) in [6.07, 6.45) is 3.24. The zero-order valence-corrected chi connectivity index (χ0v) is 12.0. The van der Waals surface area contributed by atoms with Crippen molar-refractivity contribution in [1.82, 2.24) is 15.4 Å². The zero-order valence-electron chi connectivity index (χ0n) is 12.0. The Hall–Kier alpha value is -2.42. The highest BCUT2D eigenvalue weighted by atomic mass is 15.6. The minimum atomic E-state index is -0.975. The van der Waals surface area contributed by atoms with Crippen molar-refractivity contribution in [2.75, 3.05) is 5.01 Å². The molecule has 1 aliphatic heterocycles. The first-order chi connectivity index (χ1) is 10.1. The van der Waals surface area contributed by atoms with Crippen LogP contribution in [-0.2, 0) is 5.66 Å². The summed E-state index contributed by atoms with van der Waals surface area (Å²) >= 11 is 0. The highest BCUT2D eigenvalue weighted by Crippen LogP contribution is 2.32. The number of hydrogen-bond acceptors (Lipinski definition) is 5. The monoisotopic (exact) mass is 279 g/mol. The average molecular weight is 279 g/mol. The Bertz CT molecular complexity index is 701. The number of nitrogens with two attached hydrogens (primary N) is 1. The number of anilines is 1. The quantitative estimate of drug-likeness (QED) is 0.772. The number of hydrazine groups is 1. The first-order valence-electron chi connectivity index (χ1n) is 6.85. The molecule has 3 rings (SSSR count). The van der Waals surface area contributed by atoms with Gasteiger partial charge in [-0.3, -0.25) is 10.7 Å². The number of aromatic nitrogens is 2. The van der Waals surface area contributed by atoms with Crippen molar-refractivity contribution >= 4 is 5.82 Å². The van der Waals surface area contributed by atoms with E-state index in [-0.39, 0.29) is 6.04 Å². The van der Waals surface area contributed by atoms with Crippen molar-refractivity contribution in [3.63, 3.8) is 0 Å². The molecule has 3 N–H and O–H groups in total. The lowest BCUT2D eigenvalue weighted by Gasteiger charge is -2.25. The first kappa shape index (κ1) is 13.6. The maximum Gasteiger partial charge on any atom is 0.178 e. The number of nitrogens with zero attached hydrogens (tertiary/aromatic N) is 3. The molecule has 2 aromatic rings. The zero-order chi connectivity index (χ0) is 14.9.